The molecule has 0 saturated carbocycles. The van der Waals surface area contributed by atoms with Crippen LogP contribution in [0.25, 0.3) is 16.6 Å². The number of ketones is 1. The van der Waals surface area contributed by atoms with Crippen molar-refractivity contribution in [1.82, 2.24) is 24.6 Å². The van der Waals surface area contributed by atoms with Gasteiger partial charge in [-0.05, 0) is 55.7 Å². The number of ether oxygens (including phenoxy) is 2. The number of nitrogen functional groups attached to an aromatic ring is 1. The molecular formula is C31H30FN7O6S. The highest BCUT2D eigenvalue weighted by molar-refractivity contribution is 7.93. The first-order chi connectivity index (χ1) is 22.0. The lowest BCUT2D eigenvalue weighted by Crippen LogP contribution is -2.35. The van der Waals surface area contributed by atoms with Gasteiger partial charge in [0.1, 0.15) is 17.3 Å². The van der Waals surface area contributed by atoms with Crippen molar-refractivity contribution in [3.8, 4) is 23.1 Å². The number of aromatic nitrogens is 4. The number of hydrogen-bond donors (Lipinski definition) is 3. The first-order valence-electron chi connectivity index (χ1n) is 14.3. The van der Waals surface area contributed by atoms with Gasteiger partial charge in [0.2, 0.25) is 27.6 Å². The number of fused-ring (bicyclic) bond motifs is 1. The second-order valence-corrected chi connectivity index (χ2v) is 12.5. The molecule has 3 aromatic heterocycles. The molecule has 1 fully saturated rings. The molecule has 238 valence electrons. The van der Waals surface area contributed by atoms with Crippen molar-refractivity contribution in [3.05, 3.63) is 83.6 Å². The van der Waals surface area contributed by atoms with Crippen molar-refractivity contribution < 1.29 is 31.9 Å². The van der Waals surface area contributed by atoms with Gasteiger partial charge in [0.25, 0.3) is 0 Å². The Hall–Kier alpha value is -5.44. The molecule has 0 radical (unpaired) electrons. The number of carbonyl (C=O) groups is 2. The maximum atomic E-state index is 14.0. The molecule has 1 amide bonds. The van der Waals surface area contributed by atoms with E-state index < -0.39 is 33.3 Å². The Labute approximate surface area is 263 Å². The van der Waals surface area contributed by atoms with Crippen LogP contribution in [0.2, 0.25) is 0 Å². The fraction of sp³-hybridized carbons (Fsp3) is 0.226. The summed E-state index contributed by atoms with van der Waals surface area (Å²) in [5.74, 6) is -1.67. The van der Waals surface area contributed by atoms with Crippen LogP contribution in [0, 0.1) is 12.7 Å². The van der Waals surface area contributed by atoms with Crippen LogP contribution in [-0.4, -0.2) is 70.7 Å². The number of hydrogen-bond acceptors (Lipinski definition) is 9. The number of halogens is 1. The molecule has 0 aliphatic carbocycles. The average Bonchev–Trinajstić information content (AvgIpc) is 3.78. The molecule has 1 aliphatic heterocycles. The van der Waals surface area contributed by atoms with E-state index in [0.717, 1.165) is 12.8 Å². The highest BCUT2D eigenvalue weighted by Gasteiger charge is 2.26. The zero-order chi connectivity index (χ0) is 32.6. The summed E-state index contributed by atoms with van der Waals surface area (Å²) in [6.07, 6.45) is 4.49. The number of para-hydroxylation sites is 1. The molecule has 2 aromatic carbocycles. The number of aromatic amines is 1. The summed E-state index contributed by atoms with van der Waals surface area (Å²) in [5.41, 5.74) is 8.37. The van der Waals surface area contributed by atoms with Crippen molar-refractivity contribution in [3.63, 3.8) is 0 Å². The monoisotopic (exact) mass is 647 g/mol. The zero-order valence-corrected chi connectivity index (χ0v) is 25.7. The molecule has 1 aliphatic rings. The number of carbonyl (C=O) groups excluding carboxylic acids is 2. The fourth-order valence-electron chi connectivity index (χ4n) is 5.27. The third kappa shape index (κ3) is 6.08. The van der Waals surface area contributed by atoms with Crippen LogP contribution in [-0.2, 0) is 14.8 Å². The third-order valence-electron chi connectivity index (χ3n) is 7.61. The number of pyridine rings is 1. The standard InChI is InChI=1S/C31H30FN7O6S/c1-18-11-28(45-26-8-4-3-7-21(26)32)34-16-25(18)39-31(33)20(15-35-39)30(41)24-12-19-13-27(44-2)23(14-22(19)36-24)37-46(42,43)17-29(40)38-9-5-6-10-38/h3-4,7-8,11-16,36-37H,5-6,9-10,17,33H2,1-2H3. The molecule has 0 atom stereocenters. The lowest BCUT2D eigenvalue weighted by molar-refractivity contribution is -0.127. The molecule has 4 N–H and O–H groups in total. The minimum absolute atomic E-state index is 0.0294. The first kappa shape index (κ1) is 30.6. The smallest absolute Gasteiger partial charge is 0.241 e. The van der Waals surface area contributed by atoms with Gasteiger partial charge in [0, 0.05) is 30.1 Å². The molecule has 4 heterocycles. The number of sulfonamides is 1. The van der Waals surface area contributed by atoms with E-state index in [1.54, 1.807) is 37.3 Å². The van der Waals surface area contributed by atoms with E-state index in [4.69, 9.17) is 15.2 Å². The largest absolute Gasteiger partial charge is 0.495 e. The molecule has 1 saturated heterocycles. The maximum Gasteiger partial charge on any atom is 0.241 e. The molecule has 15 heteroatoms. The number of benzene rings is 2. The number of aryl methyl sites for hydroxylation is 1. The predicted octanol–water partition coefficient (Wildman–Crippen LogP) is 4.17. The highest BCUT2D eigenvalue weighted by Crippen LogP contribution is 2.33. The van der Waals surface area contributed by atoms with Gasteiger partial charge >= 0.3 is 0 Å². The van der Waals surface area contributed by atoms with Crippen LogP contribution in [0.3, 0.4) is 0 Å². The van der Waals surface area contributed by atoms with Gasteiger partial charge in [-0.2, -0.15) is 5.10 Å². The van der Waals surface area contributed by atoms with Crippen molar-refractivity contribution in [2.75, 3.05) is 36.4 Å². The minimum atomic E-state index is -4.04. The van der Waals surface area contributed by atoms with Crippen LogP contribution in [0.4, 0.5) is 15.9 Å². The number of methoxy groups -OCH3 is 1. The van der Waals surface area contributed by atoms with Crippen molar-refractivity contribution >= 4 is 44.1 Å². The van der Waals surface area contributed by atoms with Gasteiger partial charge in [0.15, 0.2) is 11.6 Å². The number of likely N-dealkylation sites (tertiary alicyclic amines) is 1. The summed E-state index contributed by atoms with van der Waals surface area (Å²) >= 11 is 0. The maximum absolute atomic E-state index is 14.0. The Kier molecular flexibility index (Phi) is 8.08. The predicted molar refractivity (Wildman–Crippen MR) is 168 cm³/mol. The summed E-state index contributed by atoms with van der Waals surface area (Å²) in [6.45, 7) is 2.86. The van der Waals surface area contributed by atoms with E-state index in [0.29, 0.717) is 35.2 Å². The van der Waals surface area contributed by atoms with Crippen molar-refractivity contribution in [2.24, 2.45) is 0 Å². The van der Waals surface area contributed by atoms with Crippen LogP contribution in [0.1, 0.15) is 34.5 Å². The molecule has 0 unspecified atom stereocenters. The van der Waals surface area contributed by atoms with Gasteiger partial charge in [-0.3, -0.25) is 14.3 Å². The Morgan fingerprint density at radius 3 is 2.57 bits per heavy atom. The number of rotatable bonds is 10. The second kappa shape index (κ2) is 12.2. The van der Waals surface area contributed by atoms with Crippen molar-refractivity contribution in [1.29, 1.82) is 0 Å². The van der Waals surface area contributed by atoms with Crippen molar-refractivity contribution in [2.45, 2.75) is 19.8 Å². The molecular weight excluding hydrogens is 617 g/mol. The number of H-pyrrole nitrogens is 1. The minimum Gasteiger partial charge on any atom is -0.495 e. The van der Waals surface area contributed by atoms with Gasteiger partial charge in [-0.1, -0.05) is 12.1 Å². The molecule has 46 heavy (non-hydrogen) atoms. The van der Waals surface area contributed by atoms with E-state index in [1.807, 2.05) is 0 Å². The van der Waals surface area contributed by atoms with E-state index >= 15 is 0 Å². The summed E-state index contributed by atoms with van der Waals surface area (Å²) in [6, 6.07) is 12.2. The summed E-state index contributed by atoms with van der Waals surface area (Å²) in [7, 11) is -2.65. The fourth-order valence-corrected chi connectivity index (χ4v) is 6.34. The molecule has 13 nitrogen and oxygen atoms in total. The van der Waals surface area contributed by atoms with Crippen LogP contribution in [0.15, 0.2) is 60.9 Å². The van der Waals surface area contributed by atoms with Gasteiger partial charge in [0.05, 0.1) is 42.1 Å². The van der Waals surface area contributed by atoms with Gasteiger partial charge in [-0.25, -0.2) is 22.5 Å². The summed E-state index contributed by atoms with van der Waals surface area (Å²) in [4.78, 5) is 34.8. The second-order valence-electron chi connectivity index (χ2n) is 10.8. The zero-order valence-electron chi connectivity index (χ0n) is 24.9. The Balaban J connectivity index is 1.23. The SMILES string of the molecule is COc1cc2cc(C(=O)c3cnn(-c4cnc(Oc5ccccc5F)cc4C)c3N)[nH]c2cc1NS(=O)(=O)CC(=O)N1CCCC1. The van der Waals surface area contributed by atoms with E-state index in [-0.39, 0.29) is 40.1 Å². The van der Waals surface area contributed by atoms with Gasteiger partial charge in [-0.15, -0.1) is 0 Å². The quantitative estimate of drug-likeness (QED) is 0.188. The van der Waals surface area contributed by atoms with Crippen LogP contribution < -0.4 is 19.9 Å². The average molecular weight is 648 g/mol. The van der Waals surface area contributed by atoms with E-state index in [2.05, 4.69) is 19.8 Å². The van der Waals surface area contributed by atoms with Crippen LogP contribution >= 0.6 is 0 Å². The topological polar surface area (TPSA) is 175 Å². The summed E-state index contributed by atoms with van der Waals surface area (Å²) < 4.78 is 54.4. The number of amides is 1. The molecule has 5 aromatic rings. The Morgan fingerprint density at radius 1 is 1.09 bits per heavy atom. The Morgan fingerprint density at radius 2 is 1.85 bits per heavy atom. The van der Waals surface area contributed by atoms with Gasteiger partial charge < -0.3 is 25.1 Å². The molecule has 6 rings (SSSR count). The number of nitrogens with one attached hydrogen (secondary N) is 2. The van der Waals surface area contributed by atoms with Crippen LogP contribution in [0.5, 0.6) is 17.4 Å². The van der Waals surface area contributed by atoms with E-state index in [9.17, 15) is 22.4 Å². The number of nitrogens with zero attached hydrogens (tertiary/aromatic N) is 4. The third-order valence-corrected chi connectivity index (χ3v) is 8.77. The molecule has 0 spiro atoms. The first-order valence-corrected chi connectivity index (χ1v) is 15.9. The molecule has 0 bridgehead atoms. The van der Waals surface area contributed by atoms with E-state index in [1.165, 1.54) is 47.3 Å². The number of anilines is 2. The Bertz CT molecular complexity index is 2090. The highest BCUT2D eigenvalue weighted by atomic mass is 32.2. The normalized spacial score (nSPS) is 13.2. The lowest BCUT2D eigenvalue weighted by atomic mass is 10.1. The summed E-state index contributed by atoms with van der Waals surface area (Å²) in [5, 5.41) is 4.87. The number of nitrogens with two attached hydrogens (primary N) is 1. The lowest BCUT2D eigenvalue weighted by Gasteiger charge is -2.16.